The molecule has 1 aliphatic heterocycles. The Bertz CT molecular complexity index is 1410. The average Bonchev–Trinajstić information content (AvgIpc) is 3.41. The summed E-state index contributed by atoms with van der Waals surface area (Å²) in [7, 11) is -4.26. The summed E-state index contributed by atoms with van der Waals surface area (Å²) >= 11 is 13.1. The zero-order valence-corrected chi connectivity index (χ0v) is 25.0. The van der Waals surface area contributed by atoms with Gasteiger partial charge < -0.3 is 29.6 Å². The molecule has 1 saturated heterocycles. The van der Waals surface area contributed by atoms with Crippen molar-refractivity contribution in [2.24, 2.45) is 0 Å². The van der Waals surface area contributed by atoms with Crippen molar-refractivity contribution in [3.63, 3.8) is 0 Å². The van der Waals surface area contributed by atoms with E-state index in [4.69, 9.17) is 52.2 Å². The van der Waals surface area contributed by atoms with Crippen molar-refractivity contribution in [2.75, 3.05) is 18.9 Å². The van der Waals surface area contributed by atoms with Gasteiger partial charge in [-0.25, -0.2) is 9.55 Å². The molecule has 3 aromatic rings. The summed E-state index contributed by atoms with van der Waals surface area (Å²) in [5.41, 5.74) is 6.32. The van der Waals surface area contributed by atoms with Gasteiger partial charge in [0, 0.05) is 0 Å². The number of carbonyl (C=O) groups excluding carboxylic acids is 1. The van der Waals surface area contributed by atoms with Gasteiger partial charge in [0.25, 0.3) is 0 Å². The number of halogens is 2. The van der Waals surface area contributed by atoms with Crippen molar-refractivity contribution < 1.29 is 37.7 Å². The molecule has 2 aromatic heterocycles. The predicted molar refractivity (Wildman–Crippen MR) is 150 cm³/mol. The number of alkyl halides is 2. The topological polar surface area (TPSA) is 182 Å². The van der Waals surface area contributed by atoms with Gasteiger partial charge in [0.1, 0.15) is 24.0 Å². The van der Waals surface area contributed by atoms with E-state index in [1.807, 2.05) is 0 Å². The molecule has 1 fully saturated rings. The number of hydrogen-bond donors (Lipinski definition) is 3. The molecule has 14 nitrogen and oxygen atoms in total. The fraction of sp³-hybridized carbons (Fsp3) is 0.500. The lowest BCUT2D eigenvalue weighted by Crippen LogP contribution is -2.39. The zero-order chi connectivity index (χ0) is 29.9. The van der Waals surface area contributed by atoms with Gasteiger partial charge in [-0.05, 0) is 39.8 Å². The lowest BCUT2D eigenvalue weighted by Gasteiger charge is -2.25. The Kier molecular flexibility index (Phi) is 9.64. The Labute approximate surface area is 246 Å². The molecule has 4 rings (SSSR count). The molecule has 1 aromatic carbocycles. The van der Waals surface area contributed by atoms with E-state index in [1.165, 1.54) is 17.8 Å². The Morgan fingerprint density at radius 1 is 1.27 bits per heavy atom. The third-order valence-corrected chi connectivity index (χ3v) is 8.22. The second-order valence-corrected chi connectivity index (χ2v) is 12.5. The monoisotopic (exact) mass is 632 g/mol. The number of fused-ring (bicyclic) bond motifs is 1. The van der Waals surface area contributed by atoms with E-state index in [2.05, 4.69) is 20.0 Å². The van der Waals surface area contributed by atoms with Crippen LogP contribution in [-0.2, 0) is 23.4 Å². The lowest BCUT2D eigenvalue weighted by atomic mass is 10.2. The maximum atomic E-state index is 13.8. The maximum Gasteiger partial charge on any atom is 0.459 e. The van der Waals surface area contributed by atoms with Crippen molar-refractivity contribution in [2.45, 2.75) is 62.6 Å². The molecule has 1 unspecified atom stereocenters. The normalized spacial score (nSPS) is 22.4. The Hall–Kier alpha value is -2.71. The van der Waals surface area contributed by atoms with Crippen LogP contribution in [0.25, 0.3) is 11.2 Å². The third-order valence-electron chi connectivity index (χ3n) is 5.75. The Balaban J connectivity index is 1.56. The Morgan fingerprint density at radius 2 is 1.98 bits per heavy atom. The summed E-state index contributed by atoms with van der Waals surface area (Å²) in [6.45, 7) is 6.38. The number of nitrogens with zero attached hydrogens (tertiary/aromatic N) is 4. The summed E-state index contributed by atoms with van der Waals surface area (Å²) < 4.78 is 41.2. The summed E-state index contributed by atoms with van der Waals surface area (Å²) in [6, 6.07) is 7.13. The fourth-order valence-electron chi connectivity index (χ4n) is 3.93. The first kappa shape index (κ1) is 31.2. The van der Waals surface area contributed by atoms with Gasteiger partial charge >= 0.3 is 13.7 Å². The van der Waals surface area contributed by atoms with E-state index in [1.54, 1.807) is 51.1 Å². The molecular weight excluding hydrogens is 602 g/mol. The van der Waals surface area contributed by atoms with Crippen LogP contribution in [0.1, 0.15) is 33.9 Å². The molecule has 0 bridgehead atoms. The summed E-state index contributed by atoms with van der Waals surface area (Å²) in [6.07, 6.45) is -3.02. The smallest absolute Gasteiger partial charge is 0.459 e. The van der Waals surface area contributed by atoms with Crippen LogP contribution in [0, 0.1) is 0 Å². The minimum atomic E-state index is -4.26. The number of nitrogens with one attached hydrogen (secondary N) is 1. The summed E-state index contributed by atoms with van der Waals surface area (Å²) in [5, 5.41) is 13.6. The standard InChI is InChI=1S/C24H31Cl2N6O8P/c1-5-36-20-17-19(29-23(27)30-20)32(12-28-17)22-24(25,26)18(33)16(39-22)11-37-41(35,40-15-9-7-6-8-10-15)31-14(4)21(34)38-13(2)3/h6-10,12-14,16,18,22,33H,5,11H2,1-4H3,(H,31,35)(H2,27,29,30)/t14-,16-,18-,22-,41?/m1/s1. The van der Waals surface area contributed by atoms with Crippen LogP contribution in [0.5, 0.6) is 11.6 Å². The van der Waals surface area contributed by atoms with Crippen LogP contribution in [0.15, 0.2) is 36.7 Å². The summed E-state index contributed by atoms with van der Waals surface area (Å²) in [5.74, 6) is -0.407. The number of aliphatic hydroxyl groups excluding tert-OH is 1. The van der Waals surface area contributed by atoms with Crippen LogP contribution in [0.4, 0.5) is 5.95 Å². The first-order chi connectivity index (χ1) is 19.3. The number of carbonyl (C=O) groups is 1. The average molecular weight is 633 g/mol. The van der Waals surface area contributed by atoms with Crippen molar-refractivity contribution in [1.29, 1.82) is 0 Å². The molecule has 1 aliphatic rings. The highest BCUT2D eigenvalue weighted by molar-refractivity contribution is 7.52. The van der Waals surface area contributed by atoms with Crippen LogP contribution in [-0.4, -0.2) is 72.5 Å². The van der Waals surface area contributed by atoms with Crippen molar-refractivity contribution in [3.05, 3.63) is 36.7 Å². The van der Waals surface area contributed by atoms with E-state index in [0.717, 1.165) is 0 Å². The van der Waals surface area contributed by atoms with Crippen LogP contribution in [0.2, 0.25) is 0 Å². The number of aliphatic hydroxyl groups is 1. The number of rotatable bonds is 12. The molecule has 0 aliphatic carbocycles. The number of nitrogen functional groups attached to an aromatic ring is 1. The molecule has 5 atom stereocenters. The quantitative estimate of drug-likeness (QED) is 0.150. The van der Waals surface area contributed by atoms with Gasteiger partial charge in [-0.3, -0.25) is 13.9 Å². The van der Waals surface area contributed by atoms with Crippen molar-refractivity contribution >= 4 is 54.0 Å². The number of anilines is 1. The number of nitrogens with two attached hydrogens (primary N) is 1. The Morgan fingerprint density at radius 3 is 2.63 bits per heavy atom. The SMILES string of the molecule is CCOc1nc(N)nc2c1ncn2[C@@H]1O[C@H](COP(=O)(N[C@H](C)C(=O)OC(C)C)Oc2ccccc2)[C@@H](O)C1(Cl)Cl. The molecule has 224 valence electrons. The fourth-order valence-corrected chi connectivity index (χ4v) is 6.02. The maximum absolute atomic E-state index is 13.8. The van der Waals surface area contributed by atoms with E-state index in [0.29, 0.717) is 6.61 Å². The number of para-hydroxylation sites is 1. The number of esters is 1. The van der Waals surface area contributed by atoms with Gasteiger partial charge in [-0.1, -0.05) is 41.4 Å². The summed E-state index contributed by atoms with van der Waals surface area (Å²) in [4.78, 5) is 24.9. The predicted octanol–water partition coefficient (Wildman–Crippen LogP) is 3.37. The largest absolute Gasteiger partial charge is 0.476 e. The highest BCUT2D eigenvalue weighted by Crippen LogP contribution is 2.50. The highest BCUT2D eigenvalue weighted by atomic mass is 35.5. The minimum Gasteiger partial charge on any atom is -0.476 e. The van der Waals surface area contributed by atoms with E-state index < -0.39 is 55.2 Å². The molecule has 0 amide bonds. The number of aromatic nitrogens is 4. The molecule has 0 saturated carbocycles. The minimum absolute atomic E-state index is 0.0916. The molecule has 0 radical (unpaired) electrons. The van der Waals surface area contributed by atoms with Crippen molar-refractivity contribution in [1.82, 2.24) is 24.6 Å². The third kappa shape index (κ3) is 7.03. The van der Waals surface area contributed by atoms with Crippen molar-refractivity contribution in [3.8, 4) is 11.6 Å². The van der Waals surface area contributed by atoms with Gasteiger partial charge in [-0.15, -0.1) is 0 Å². The molecule has 3 heterocycles. The van der Waals surface area contributed by atoms with Crippen LogP contribution >= 0.6 is 30.9 Å². The zero-order valence-electron chi connectivity index (χ0n) is 22.6. The van der Waals surface area contributed by atoms with Gasteiger partial charge in [0.05, 0.1) is 25.6 Å². The number of hydrogen-bond acceptors (Lipinski definition) is 12. The number of benzene rings is 1. The first-order valence-electron chi connectivity index (χ1n) is 12.7. The lowest BCUT2D eigenvalue weighted by molar-refractivity contribution is -0.149. The van der Waals surface area contributed by atoms with Gasteiger partial charge in [-0.2, -0.15) is 15.1 Å². The molecule has 17 heteroatoms. The molecule has 0 spiro atoms. The molecule has 41 heavy (non-hydrogen) atoms. The van der Waals surface area contributed by atoms with Gasteiger partial charge in [0.15, 0.2) is 21.7 Å². The van der Waals surface area contributed by atoms with E-state index in [9.17, 15) is 14.5 Å². The van der Waals surface area contributed by atoms with Crippen LogP contribution in [0.3, 0.4) is 0 Å². The first-order valence-corrected chi connectivity index (χ1v) is 15.0. The molecule has 4 N–H and O–H groups in total. The van der Waals surface area contributed by atoms with E-state index >= 15 is 0 Å². The second-order valence-electron chi connectivity index (χ2n) is 9.32. The molecular formula is C24H31Cl2N6O8P. The second kappa shape index (κ2) is 12.7. The van der Waals surface area contributed by atoms with E-state index in [-0.39, 0.29) is 28.7 Å². The van der Waals surface area contributed by atoms with Crippen LogP contribution < -0.4 is 20.1 Å². The number of imidazole rings is 1. The number of ether oxygens (including phenoxy) is 3. The highest BCUT2D eigenvalue weighted by Gasteiger charge is 2.56. The van der Waals surface area contributed by atoms with Gasteiger partial charge in [0.2, 0.25) is 11.8 Å².